The summed E-state index contributed by atoms with van der Waals surface area (Å²) in [7, 11) is 0. The van der Waals surface area contributed by atoms with Gasteiger partial charge >= 0.3 is 0 Å². The summed E-state index contributed by atoms with van der Waals surface area (Å²) in [5.41, 5.74) is 9.49. The number of nitrogens with two attached hydrogens (primary N) is 1. The fourth-order valence-electron chi connectivity index (χ4n) is 4.53. The molecule has 4 aromatic rings. The summed E-state index contributed by atoms with van der Waals surface area (Å²) in [4.78, 5) is 20.9. The number of nitrogens with zero attached hydrogens (tertiary/aromatic N) is 3. The number of imidazole rings is 1. The summed E-state index contributed by atoms with van der Waals surface area (Å²) >= 11 is 6.30. The number of hydrogen-bond donors (Lipinski definition) is 1. The fraction of sp³-hybridized carbons (Fsp3) is 0.267. The quantitative estimate of drug-likeness (QED) is 0.272. The summed E-state index contributed by atoms with van der Waals surface area (Å²) in [6.45, 7) is 5.99. The zero-order valence-electron chi connectivity index (χ0n) is 20.8. The number of amides is 1. The minimum Gasteiger partial charge on any atom is -0.330 e. The summed E-state index contributed by atoms with van der Waals surface area (Å²) in [6, 6.07) is 27.2. The van der Waals surface area contributed by atoms with Crippen LogP contribution in [0.5, 0.6) is 0 Å². The van der Waals surface area contributed by atoms with E-state index >= 15 is 0 Å². The van der Waals surface area contributed by atoms with Crippen molar-refractivity contribution >= 4 is 17.5 Å². The van der Waals surface area contributed by atoms with Crippen LogP contribution >= 0.6 is 11.6 Å². The van der Waals surface area contributed by atoms with Crippen LogP contribution < -0.4 is 5.73 Å². The van der Waals surface area contributed by atoms with Crippen molar-refractivity contribution in [3.8, 4) is 11.3 Å². The molecule has 36 heavy (non-hydrogen) atoms. The number of hydrogen-bond acceptors (Lipinski definition) is 3. The molecule has 0 aliphatic rings. The van der Waals surface area contributed by atoms with Crippen molar-refractivity contribution in [2.24, 2.45) is 11.7 Å². The number of carbonyl (C=O) groups excluding carboxylic acids is 1. The lowest BCUT2D eigenvalue weighted by atomic mass is 9.99. The summed E-state index contributed by atoms with van der Waals surface area (Å²) in [5, 5.41) is 0.663. The monoisotopic (exact) mass is 500 g/mol. The molecule has 0 saturated carbocycles. The highest BCUT2D eigenvalue weighted by Gasteiger charge is 2.32. The van der Waals surface area contributed by atoms with Crippen molar-refractivity contribution in [3.05, 3.63) is 113 Å². The Bertz CT molecular complexity index is 1270. The van der Waals surface area contributed by atoms with Gasteiger partial charge in [-0.25, -0.2) is 4.98 Å². The Kier molecular flexibility index (Phi) is 8.57. The number of benzene rings is 3. The molecule has 1 heterocycles. The molecule has 6 heteroatoms. The third-order valence-corrected chi connectivity index (χ3v) is 6.48. The van der Waals surface area contributed by atoms with Gasteiger partial charge in [-0.05, 0) is 48.7 Å². The molecule has 1 aromatic heterocycles. The van der Waals surface area contributed by atoms with Gasteiger partial charge in [0.1, 0.15) is 5.82 Å². The first-order valence-electron chi connectivity index (χ1n) is 12.4. The van der Waals surface area contributed by atoms with Crippen molar-refractivity contribution in [1.82, 2.24) is 14.5 Å². The zero-order valence-corrected chi connectivity index (χ0v) is 21.6. The number of carbonyl (C=O) groups is 1. The van der Waals surface area contributed by atoms with E-state index in [0.717, 1.165) is 17.1 Å². The third-order valence-electron chi connectivity index (χ3n) is 6.24. The fourth-order valence-corrected chi connectivity index (χ4v) is 4.72. The van der Waals surface area contributed by atoms with Crippen LogP contribution in [0.15, 0.2) is 91.1 Å². The standard InChI is InChI=1S/C30H33ClN4O/c1-22(2)28(35(18-10-17-32)30(36)24-13-7-4-8-14-24)29-33-27(25-15-9-16-26(31)19-25)21-34(29)20-23-11-5-3-6-12-23/h3-9,11-16,19,21-22,28H,10,17-18,20,32H2,1-2H3/t28-/m1/s1. The van der Waals surface area contributed by atoms with Crippen LogP contribution in [0.4, 0.5) is 0 Å². The molecule has 0 radical (unpaired) electrons. The molecule has 3 aromatic carbocycles. The van der Waals surface area contributed by atoms with Gasteiger partial charge in [0, 0.05) is 35.4 Å². The molecule has 4 rings (SSSR count). The average Bonchev–Trinajstić information content (AvgIpc) is 3.30. The largest absolute Gasteiger partial charge is 0.330 e. The second-order valence-electron chi connectivity index (χ2n) is 9.30. The normalized spacial score (nSPS) is 12.0. The first-order chi connectivity index (χ1) is 17.5. The Balaban J connectivity index is 1.83. The Hall–Kier alpha value is -3.41. The lowest BCUT2D eigenvalue weighted by Gasteiger charge is -2.34. The third kappa shape index (κ3) is 6.04. The number of rotatable bonds is 10. The van der Waals surface area contributed by atoms with Crippen molar-refractivity contribution < 1.29 is 4.79 Å². The Labute approximate surface area is 218 Å². The van der Waals surface area contributed by atoms with E-state index in [9.17, 15) is 4.79 Å². The molecular weight excluding hydrogens is 468 g/mol. The number of halogens is 1. The Morgan fingerprint density at radius 3 is 2.33 bits per heavy atom. The van der Waals surface area contributed by atoms with Gasteiger partial charge in [0.15, 0.2) is 0 Å². The van der Waals surface area contributed by atoms with Gasteiger partial charge in [-0.2, -0.15) is 0 Å². The van der Waals surface area contributed by atoms with Gasteiger partial charge < -0.3 is 15.2 Å². The topological polar surface area (TPSA) is 64.2 Å². The van der Waals surface area contributed by atoms with Crippen LogP contribution in [0.1, 0.15) is 48.1 Å². The van der Waals surface area contributed by atoms with Crippen LogP contribution in [0.3, 0.4) is 0 Å². The highest BCUT2D eigenvalue weighted by molar-refractivity contribution is 6.30. The lowest BCUT2D eigenvalue weighted by molar-refractivity contribution is 0.0604. The molecule has 0 fully saturated rings. The molecule has 0 unspecified atom stereocenters. The van der Waals surface area contributed by atoms with Gasteiger partial charge in [-0.15, -0.1) is 0 Å². The molecule has 0 bridgehead atoms. The van der Waals surface area contributed by atoms with Crippen LogP contribution in [0, 0.1) is 5.92 Å². The van der Waals surface area contributed by atoms with Crippen molar-refractivity contribution in [2.75, 3.05) is 13.1 Å². The molecule has 0 saturated heterocycles. The molecule has 1 atom stereocenters. The van der Waals surface area contributed by atoms with Gasteiger partial charge in [0.2, 0.25) is 0 Å². The van der Waals surface area contributed by atoms with Crippen molar-refractivity contribution in [1.29, 1.82) is 0 Å². The first-order valence-corrected chi connectivity index (χ1v) is 12.8. The van der Waals surface area contributed by atoms with E-state index < -0.39 is 0 Å². The van der Waals surface area contributed by atoms with E-state index in [1.54, 1.807) is 0 Å². The van der Waals surface area contributed by atoms with E-state index in [1.807, 2.05) is 77.7 Å². The van der Waals surface area contributed by atoms with Crippen LogP contribution in [0.2, 0.25) is 5.02 Å². The molecule has 186 valence electrons. The van der Waals surface area contributed by atoms with Crippen LogP contribution in [-0.4, -0.2) is 33.4 Å². The van der Waals surface area contributed by atoms with Crippen LogP contribution in [-0.2, 0) is 6.54 Å². The van der Waals surface area contributed by atoms with Crippen molar-refractivity contribution in [3.63, 3.8) is 0 Å². The molecular formula is C30H33ClN4O. The molecule has 1 amide bonds. The van der Waals surface area contributed by atoms with Gasteiger partial charge in [-0.1, -0.05) is 86.1 Å². The Morgan fingerprint density at radius 2 is 1.69 bits per heavy atom. The predicted molar refractivity (Wildman–Crippen MR) is 147 cm³/mol. The molecule has 0 aliphatic carbocycles. The summed E-state index contributed by atoms with van der Waals surface area (Å²) in [6.07, 6.45) is 2.78. The molecule has 0 spiro atoms. The lowest BCUT2D eigenvalue weighted by Crippen LogP contribution is -2.40. The van der Waals surface area contributed by atoms with Gasteiger partial charge in [-0.3, -0.25) is 4.79 Å². The zero-order chi connectivity index (χ0) is 25.5. The maximum Gasteiger partial charge on any atom is 0.254 e. The highest BCUT2D eigenvalue weighted by Crippen LogP contribution is 2.33. The number of aromatic nitrogens is 2. The highest BCUT2D eigenvalue weighted by atomic mass is 35.5. The molecule has 5 nitrogen and oxygen atoms in total. The first kappa shape index (κ1) is 25.7. The SMILES string of the molecule is CC(C)[C@H](c1nc(-c2cccc(Cl)c2)cn1Cc1ccccc1)N(CCCN)C(=O)c1ccccc1. The van der Waals surface area contributed by atoms with E-state index in [2.05, 4.69) is 36.7 Å². The predicted octanol–water partition coefficient (Wildman–Crippen LogP) is 6.44. The van der Waals surface area contributed by atoms with E-state index in [1.165, 1.54) is 5.56 Å². The van der Waals surface area contributed by atoms with Gasteiger partial charge in [0.05, 0.1) is 11.7 Å². The maximum atomic E-state index is 13.8. The second kappa shape index (κ2) is 12.0. The van der Waals surface area contributed by atoms with E-state index in [0.29, 0.717) is 36.6 Å². The molecule has 0 aliphatic heterocycles. The van der Waals surface area contributed by atoms with E-state index in [-0.39, 0.29) is 17.9 Å². The minimum atomic E-state index is -0.235. The average molecular weight is 501 g/mol. The van der Waals surface area contributed by atoms with Crippen LogP contribution in [0.25, 0.3) is 11.3 Å². The summed E-state index contributed by atoms with van der Waals surface area (Å²) < 4.78 is 2.17. The Morgan fingerprint density at radius 1 is 1.00 bits per heavy atom. The smallest absolute Gasteiger partial charge is 0.254 e. The van der Waals surface area contributed by atoms with Gasteiger partial charge in [0.25, 0.3) is 5.91 Å². The second-order valence-corrected chi connectivity index (χ2v) is 9.74. The maximum absolute atomic E-state index is 13.8. The summed E-state index contributed by atoms with van der Waals surface area (Å²) in [5.74, 6) is 0.964. The van der Waals surface area contributed by atoms with Crippen molar-refractivity contribution in [2.45, 2.75) is 32.9 Å². The molecule has 2 N–H and O–H groups in total. The minimum absolute atomic E-state index is 0.0127. The van der Waals surface area contributed by atoms with E-state index in [4.69, 9.17) is 22.3 Å².